The van der Waals surface area contributed by atoms with Crippen LogP contribution in [0.5, 0.6) is 0 Å². The van der Waals surface area contributed by atoms with Gasteiger partial charge in [-0.2, -0.15) is 0 Å². The third kappa shape index (κ3) is 4.51. The van der Waals surface area contributed by atoms with Gasteiger partial charge in [0, 0.05) is 25.3 Å². The summed E-state index contributed by atoms with van der Waals surface area (Å²) in [7, 11) is 1.38. The fourth-order valence-electron chi connectivity index (χ4n) is 2.79. The van der Waals surface area contributed by atoms with E-state index in [1.54, 1.807) is 12.3 Å². The Hall–Kier alpha value is -1.46. The number of methoxy groups -OCH3 is 1. The lowest BCUT2D eigenvalue weighted by Crippen LogP contribution is -2.46. The molecule has 1 aliphatic rings. The molecule has 2 heterocycles. The van der Waals surface area contributed by atoms with Crippen LogP contribution in [0.2, 0.25) is 0 Å². The molecule has 1 atom stereocenters. The highest BCUT2D eigenvalue weighted by molar-refractivity contribution is 5.88. The van der Waals surface area contributed by atoms with Crippen molar-refractivity contribution in [3.05, 3.63) is 29.6 Å². The number of hydrogen-bond donors (Lipinski definition) is 1. The van der Waals surface area contributed by atoms with Crippen molar-refractivity contribution in [1.29, 1.82) is 0 Å². The van der Waals surface area contributed by atoms with Crippen LogP contribution >= 0.6 is 0 Å². The van der Waals surface area contributed by atoms with Crippen LogP contribution in [0, 0.1) is 0 Å². The monoisotopic (exact) mass is 291 g/mol. The number of pyridine rings is 1. The van der Waals surface area contributed by atoms with Crippen molar-refractivity contribution in [3.63, 3.8) is 0 Å². The van der Waals surface area contributed by atoms with Gasteiger partial charge in [-0.1, -0.05) is 6.92 Å². The summed E-state index contributed by atoms with van der Waals surface area (Å²) in [5, 5.41) is 3.47. The molecule has 0 radical (unpaired) electrons. The van der Waals surface area contributed by atoms with E-state index in [-0.39, 0.29) is 5.97 Å². The normalized spacial score (nSPS) is 18.7. The molecule has 2 rings (SSSR count). The fraction of sp³-hybridized carbons (Fsp3) is 0.625. The van der Waals surface area contributed by atoms with Crippen molar-refractivity contribution < 1.29 is 9.53 Å². The summed E-state index contributed by atoms with van der Waals surface area (Å²) >= 11 is 0. The topological polar surface area (TPSA) is 54.5 Å². The van der Waals surface area contributed by atoms with E-state index in [1.807, 2.05) is 6.07 Å². The molecule has 0 bridgehead atoms. The lowest BCUT2D eigenvalue weighted by Gasteiger charge is -2.34. The Balaban J connectivity index is 2.00. The van der Waals surface area contributed by atoms with Crippen LogP contribution in [0.25, 0.3) is 0 Å². The average molecular weight is 291 g/mol. The van der Waals surface area contributed by atoms with Gasteiger partial charge in [0.15, 0.2) is 0 Å². The van der Waals surface area contributed by atoms with Gasteiger partial charge in [0.2, 0.25) is 0 Å². The highest BCUT2D eigenvalue weighted by atomic mass is 16.5. The molecule has 5 nitrogen and oxygen atoms in total. The van der Waals surface area contributed by atoms with Crippen molar-refractivity contribution in [3.8, 4) is 0 Å². The van der Waals surface area contributed by atoms with Gasteiger partial charge in [-0.15, -0.1) is 0 Å². The SMILES string of the molecule is CCCN(Cc1ccc(C(=O)OC)cn1)C1CCCNC1. The number of carbonyl (C=O) groups is 1. The number of carbonyl (C=O) groups excluding carboxylic acids is 1. The summed E-state index contributed by atoms with van der Waals surface area (Å²) < 4.78 is 4.69. The first-order chi connectivity index (χ1) is 10.2. The second-order valence-corrected chi connectivity index (χ2v) is 5.50. The third-order valence-corrected chi connectivity index (χ3v) is 3.91. The third-order valence-electron chi connectivity index (χ3n) is 3.91. The maximum atomic E-state index is 11.4. The molecular weight excluding hydrogens is 266 g/mol. The number of aromatic nitrogens is 1. The number of nitrogens with one attached hydrogen (secondary N) is 1. The molecule has 0 saturated carbocycles. The van der Waals surface area contributed by atoms with Gasteiger partial charge in [0.1, 0.15) is 0 Å². The molecule has 1 aromatic rings. The van der Waals surface area contributed by atoms with Gasteiger partial charge in [-0.05, 0) is 44.5 Å². The summed E-state index contributed by atoms with van der Waals surface area (Å²) in [6.07, 6.45) is 5.22. The summed E-state index contributed by atoms with van der Waals surface area (Å²) in [4.78, 5) is 18.3. The van der Waals surface area contributed by atoms with E-state index in [0.29, 0.717) is 11.6 Å². The Bertz CT molecular complexity index is 441. The number of hydrogen-bond acceptors (Lipinski definition) is 5. The highest BCUT2D eigenvalue weighted by Crippen LogP contribution is 2.14. The molecular formula is C16H25N3O2. The van der Waals surface area contributed by atoms with E-state index in [0.717, 1.165) is 38.3 Å². The minimum Gasteiger partial charge on any atom is -0.465 e. The molecule has 1 saturated heterocycles. The number of piperidine rings is 1. The van der Waals surface area contributed by atoms with Crippen LogP contribution in [-0.4, -0.2) is 48.6 Å². The Morgan fingerprint density at radius 3 is 2.95 bits per heavy atom. The number of nitrogens with zero attached hydrogens (tertiary/aromatic N) is 2. The highest BCUT2D eigenvalue weighted by Gasteiger charge is 2.20. The van der Waals surface area contributed by atoms with Crippen LogP contribution in [0.3, 0.4) is 0 Å². The standard InChI is InChI=1S/C16H25N3O2/c1-3-9-19(15-5-4-8-17-11-15)12-14-7-6-13(10-18-14)16(20)21-2/h6-7,10,15,17H,3-5,8-9,11-12H2,1-2H3. The predicted octanol–water partition coefficient (Wildman–Crippen LogP) is 1.83. The van der Waals surface area contributed by atoms with E-state index >= 15 is 0 Å². The summed E-state index contributed by atoms with van der Waals surface area (Å²) in [6, 6.07) is 4.29. The Morgan fingerprint density at radius 2 is 2.38 bits per heavy atom. The zero-order chi connectivity index (χ0) is 15.1. The van der Waals surface area contributed by atoms with Gasteiger partial charge in [-0.3, -0.25) is 9.88 Å². The minimum atomic E-state index is -0.337. The van der Waals surface area contributed by atoms with Crippen LogP contribution in [0.15, 0.2) is 18.3 Å². The molecule has 5 heteroatoms. The second-order valence-electron chi connectivity index (χ2n) is 5.50. The summed E-state index contributed by atoms with van der Waals surface area (Å²) in [6.45, 7) is 6.30. The van der Waals surface area contributed by atoms with Crippen molar-refractivity contribution in [1.82, 2.24) is 15.2 Å². The second kappa shape index (κ2) is 8.10. The van der Waals surface area contributed by atoms with E-state index in [4.69, 9.17) is 4.74 Å². The first-order valence-electron chi connectivity index (χ1n) is 7.72. The van der Waals surface area contributed by atoms with Crippen LogP contribution in [0.4, 0.5) is 0 Å². The predicted molar refractivity (Wildman–Crippen MR) is 82.2 cm³/mol. The molecule has 1 fully saturated rings. The van der Waals surface area contributed by atoms with E-state index in [9.17, 15) is 4.79 Å². The first kappa shape index (κ1) is 15.9. The number of ether oxygens (including phenoxy) is 1. The van der Waals surface area contributed by atoms with Crippen molar-refractivity contribution in [2.24, 2.45) is 0 Å². The maximum Gasteiger partial charge on any atom is 0.339 e. The maximum absolute atomic E-state index is 11.4. The zero-order valence-corrected chi connectivity index (χ0v) is 13.0. The Morgan fingerprint density at radius 1 is 1.52 bits per heavy atom. The Kier molecular flexibility index (Phi) is 6.14. The molecule has 1 unspecified atom stereocenters. The van der Waals surface area contributed by atoms with Gasteiger partial charge in [-0.25, -0.2) is 4.79 Å². The van der Waals surface area contributed by atoms with E-state index in [1.165, 1.54) is 20.0 Å². The van der Waals surface area contributed by atoms with Gasteiger partial charge >= 0.3 is 5.97 Å². The minimum absolute atomic E-state index is 0.337. The van der Waals surface area contributed by atoms with E-state index in [2.05, 4.69) is 22.1 Å². The number of esters is 1. The molecule has 116 valence electrons. The van der Waals surface area contributed by atoms with Gasteiger partial charge in [0.05, 0.1) is 18.4 Å². The molecule has 21 heavy (non-hydrogen) atoms. The molecule has 1 N–H and O–H groups in total. The zero-order valence-electron chi connectivity index (χ0n) is 13.0. The van der Waals surface area contributed by atoms with Crippen molar-refractivity contribution >= 4 is 5.97 Å². The quantitative estimate of drug-likeness (QED) is 0.810. The van der Waals surface area contributed by atoms with E-state index < -0.39 is 0 Å². The summed E-state index contributed by atoms with van der Waals surface area (Å²) in [5.74, 6) is -0.337. The van der Waals surface area contributed by atoms with Crippen molar-refractivity contribution in [2.45, 2.75) is 38.8 Å². The molecule has 0 aromatic carbocycles. The van der Waals surface area contributed by atoms with Crippen LogP contribution in [0.1, 0.15) is 42.2 Å². The van der Waals surface area contributed by atoms with Crippen molar-refractivity contribution in [2.75, 3.05) is 26.7 Å². The number of rotatable bonds is 6. The molecule has 1 aromatic heterocycles. The average Bonchev–Trinajstić information content (AvgIpc) is 2.55. The Labute approximate surface area is 126 Å². The van der Waals surface area contributed by atoms with Crippen LogP contribution < -0.4 is 5.32 Å². The van der Waals surface area contributed by atoms with Crippen LogP contribution in [-0.2, 0) is 11.3 Å². The largest absolute Gasteiger partial charge is 0.465 e. The smallest absolute Gasteiger partial charge is 0.339 e. The fourth-order valence-corrected chi connectivity index (χ4v) is 2.79. The molecule has 0 spiro atoms. The first-order valence-corrected chi connectivity index (χ1v) is 7.72. The molecule has 0 aliphatic carbocycles. The lowest BCUT2D eigenvalue weighted by molar-refractivity contribution is 0.0600. The summed E-state index contributed by atoms with van der Waals surface area (Å²) in [5.41, 5.74) is 1.50. The molecule has 1 aliphatic heterocycles. The van der Waals surface area contributed by atoms with Gasteiger partial charge in [0.25, 0.3) is 0 Å². The lowest BCUT2D eigenvalue weighted by atomic mass is 10.1. The van der Waals surface area contributed by atoms with Gasteiger partial charge < -0.3 is 10.1 Å². The molecule has 0 amide bonds.